The van der Waals surface area contributed by atoms with Crippen molar-refractivity contribution >= 4 is 23.3 Å². The van der Waals surface area contributed by atoms with Crippen molar-refractivity contribution in [1.82, 2.24) is 5.43 Å². The zero-order valence-electron chi connectivity index (χ0n) is 15.0. The van der Waals surface area contributed by atoms with Gasteiger partial charge in [-0.1, -0.05) is 12.1 Å². The second kappa shape index (κ2) is 9.81. The number of rotatable bonds is 9. The van der Waals surface area contributed by atoms with E-state index in [0.717, 1.165) is 5.56 Å². The number of nitrogens with zero attached hydrogens (tertiary/aromatic N) is 1. The number of aliphatic carboxylic acids is 1. The van der Waals surface area contributed by atoms with Gasteiger partial charge in [-0.15, -0.1) is 0 Å². The predicted molar refractivity (Wildman–Crippen MR) is 98.8 cm³/mol. The van der Waals surface area contributed by atoms with Crippen molar-refractivity contribution in [2.75, 3.05) is 25.6 Å². The van der Waals surface area contributed by atoms with Crippen molar-refractivity contribution in [3.05, 3.63) is 54.1 Å². The molecule has 0 saturated heterocycles. The van der Waals surface area contributed by atoms with Crippen LogP contribution < -0.4 is 25.3 Å². The maximum Gasteiger partial charge on any atom is 0.259 e. The fraction of sp³-hybridized carbons (Fsp3) is 0.211. The van der Waals surface area contributed by atoms with Gasteiger partial charge in [-0.05, 0) is 48.9 Å². The van der Waals surface area contributed by atoms with Gasteiger partial charge in [0, 0.05) is 0 Å². The number of hydrogen-bond acceptors (Lipinski definition) is 7. The van der Waals surface area contributed by atoms with Crippen LogP contribution in [0.5, 0.6) is 11.5 Å². The summed E-state index contributed by atoms with van der Waals surface area (Å²) in [6.07, 6.45) is 0. The molecule has 0 bridgehead atoms. The van der Waals surface area contributed by atoms with E-state index < -0.39 is 12.6 Å². The third kappa shape index (κ3) is 6.35. The molecule has 0 unspecified atom stereocenters. The number of hydrazone groups is 1. The van der Waals surface area contributed by atoms with Crippen molar-refractivity contribution in [2.24, 2.45) is 5.10 Å². The van der Waals surface area contributed by atoms with E-state index in [1.54, 1.807) is 44.4 Å². The lowest BCUT2D eigenvalue weighted by Crippen LogP contribution is -2.28. The Morgan fingerprint density at radius 3 is 2.48 bits per heavy atom. The van der Waals surface area contributed by atoms with Crippen LogP contribution in [0.3, 0.4) is 0 Å². The molecule has 2 aromatic carbocycles. The summed E-state index contributed by atoms with van der Waals surface area (Å²) in [6, 6.07) is 13.9. The highest BCUT2D eigenvalue weighted by Gasteiger charge is 2.05. The SMILES string of the molecule is COc1ccccc1NCC(=O)N/N=C(/C)c1ccc(OCC(=O)[O-])cc1. The maximum absolute atomic E-state index is 12.0. The Morgan fingerprint density at radius 1 is 1.11 bits per heavy atom. The Balaban J connectivity index is 1.86. The van der Waals surface area contributed by atoms with E-state index in [9.17, 15) is 14.7 Å². The minimum Gasteiger partial charge on any atom is -0.546 e. The summed E-state index contributed by atoms with van der Waals surface area (Å²) in [5.74, 6) is -0.554. The number of carbonyl (C=O) groups is 2. The molecule has 27 heavy (non-hydrogen) atoms. The van der Waals surface area contributed by atoms with Crippen molar-refractivity contribution < 1.29 is 24.2 Å². The van der Waals surface area contributed by atoms with Gasteiger partial charge in [0.1, 0.15) is 18.1 Å². The van der Waals surface area contributed by atoms with Crippen LogP contribution in [0.4, 0.5) is 5.69 Å². The Bertz CT molecular complexity index is 818. The standard InChI is InChI=1S/C19H21N3O5/c1-13(14-7-9-15(10-8-14)27-12-19(24)25)21-22-18(23)11-20-16-5-3-4-6-17(16)26-2/h3-10,20H,11-12H2,1-2H3,(H,22,23)(H,24,25)/p-1/b21-13-. The van der Waals surface area contributed by atoms with Gasteiger partial charge in [0.2, 0.25) is 0 Å². The first-order valence-corrected chi connectivity index (χ1v) is 8.12. The molecule has 8 nitrogen and oxygen atoms in total. The van der Waals surface area contributed by atoms with E-state index in [4.69, 9.17) is 9.47 Å². The molecule has 0 aliphatic carbocycles. The molecule has 1 amide bonds. The number of carbonyl (C=O) groups excluding carboxylic acids is 2. The van der Waals surface area contributed by atoms with E-state index in [0.29, 0.717) is 22.9 Å². The summed E-state index contributed by atoms with van der Waals surface area (Å²) in [7, 11) is 1.56. The van der Waals surface area contributed by atoms with E-state index in [1.165, 1.54) is 0 Å². The molecular weight excluding hydrogens is 350 g/mol. The molecule has 8 heteroatoms. The molecular formula is C19H20N3O5-. The summed E-state index contributed by atoms with van der Waals surface area (Å²) in [5.41, 5.74) is 4.53. The predicted octanol–water partition coefficient (Wildman–Crippen LogP) is 0.776. The molecule has 0 radical (unpaired) electrons. The topological polar surface area (TPSA) is 112 Å². The second-order valence-corrected chi connectivity index (χ2v) is 5.47. The van der Waals surface area contributed by atoms with Gasteiger partial charge in [-0.25, -0.2) is 5.43 Å². The summed E-state index contributed by atoms with van der Waals surface area (Å²) < 4.78 is 10.2. The Hall–Kier alpha value is -3.55. The Morgan fingerprint density at radius 2 is 1.81 bits per heavy atom. The fourth-order valence-corrected chi connectivity index (χ4v) is 2.15. The zero-order chi connectivity index (χ0) is 19.6. The number of ether oxygens (including phenoxy) is 2. The van der Waals surface area contributed by atoms with Crippen LogP contribution in [0.1, 0.15) is 12.5 Å². The lowest BCUT2D eigenvalue weighted by atomic mass is 10.1. The highest BCUT2D eigenvalue weighted by atomic mass is 16.5. The van der Waals surface area contributed by atoms with Crippen molar-refractivity contribution in [3.63, 3.8) is 0 Å². The molecule has 2 rings (SSSR count). The monoisotopic (exact) mass is 370 g/mol. The van der Waals surface area contributed by atoms with E-state index in [-0.39, 0.29) is 12.5 Å². The second-order valence-electron chi connectivity index (χ2n) is 5.47. The molecule has 2 aromatic rings. The number of carboxylic acid groups (broad SMARTS) is 1. The third-order valence-electron chi connectivity index (χ3n) is 3.52. The molecule has 0 aromatic heterocycles. The van der Waals surface area contributed by atoms with Crippen LogP contribution in [0.25, 0.3) is 0 Å². The minimum absolute atomic E-state index is 0.0349. The van der Waals surface area contributed by atoms with Crippen LogP contribution in [-0.2, 0) is 9.59 Å². The number of carboxylic acids is 1. The average Bonchev–Trinajstić information content (AvgIpc) is 2.69. The highest BCUT2D eigenvalue weighted by molar-refractivity contribution is 5.99. The normalized spacial score (nSPS) is 10.8. The number of hydrogen-bond donors (Lipinski definition) is 2. The van der Waals surface area contributed by atoms with Gasteiger partial charge in [0.15, 0.2) is 0 Å². The summed E-state index contributed by atoms with van der Waals surface area (Å²) in [6.45, 7) is 1.26. The van der Waals surface area contributed by atoms with E-state index in [1.807, 2.05) is 18.2 Å². The average molecular weight is 370 g/mol. The number of benzene rings is 2. The maximum atomic E-state index is 12.0. The van der Waals surface area contributed by atoms with Gasteiger partial charge in [-0.2, -0.15) is 5.10 Å². The molecule has 2 N–H and O–H groups in total. The Kier molecular flexibility index (Phi) is 7.18. The summed E-state index contributed by atoms with van der Waals surface area (Å²) in [4.78, 5) is 22.3. The van der Waals surface area contributed by atoms with Crippen LogP contribution in [-0.4, -0.2) is 37.8 Å². The first-order chi connectivity index (χ1) is 13.0. The summed E-state index contributed by atoms with van der Waals surface area (Å²) >= 11 is 0. The van der Waals surface area contributed by atoms with Crippen LogP contribution in [0.2, 0.25) is 0 Å². The van der Waals surface area contributed by atoms with Crippen molar-refractivity contribution in [1.29, 1.82) is 0 Å². The lowest BCUT2D eigenvalue weighted by molar-refractivity contribution is -0.307. The van der Waals surface area contributed by atoms with Gasteiger partial charge < -0.3 is 24.7 Å². The smallest absolute Gasteiger partial charge is 0.259 e. The first-order valence-electron chi connectivity index (χ1n) is 8.12. The number of amides is 1. The van der Waals surface area contributed by atoms with E-state index >= 15 is 0 Å². The van der Waals surface area contributed by atoms with Gasteiger partial charge in [0.25, 0.3) is 5.91 Å². The molecule has 0 spiro atoms. The van der Waals surface area contributed by atoms with Gasteiger partial charge in [0.05, 0.1) is 31.0 Å². The number of para-hydroxylation sites is 2. The van der Waals surface area contributed by atoms with Gasteiger partial charge >= 0.3 is 0 Å². The third-order valence-corrected chi connectivity index (χ3v) is 3.52. The minimum atomic E-state index is -1.29. The highest BCUT2D eigenvalue weighted by Crippen LogP contribution is 2.22. The van der Waals surface area contributed by atoms with Crippen molar-refractivity contribution in [2.45, 2.75) is 6.92 Å². The zero-order valence-corrected chi connectivity index (χ0v) is 15.0. The number of nitrogens with one attached hydrogen (secondary N) is 2. The Labute approximate surface area is 156 Å². The van der Waals surface area contributed by atoms with Gasteiger partial charge in [-0.3, -0.25) is 4.79 Å². The molecule has 0 aliphatic heterocycles. The number of anilines is 1. The largest absolute Gasteiger partial charge is 0.546 e. The molecule has 0 saturated carbocycles. The quantitative estimate of drug-likeness (QED) is 0.498. The molecule has 0 atom stereocenters. The van der Waals surface area contributed by atoms with Crippen LogP contribution >= 0.6 is 0 Å². The first kappa shape index (κ1) is 19.8. The molecule has 0 heterocycles. The van der Waals surface area contributed by atoms with E-state index in [2.05, 4.69) is 15.8 Å². The lowest BCUT2D eigenvalue weighted by Gasteiger charge is -2.10. The molecule has 142 valence electrons. The summed E-state index contributed by atoms with van der Waals surface area (Å²) in [5, 5.41) is 17.4. The van der Waals surface area contributed by atoms with Crippen molar-refractivity contribution in [3.8, 4) is 11.5 Å². The molecule has 0 fully saturated rings. The number of methoxy groups -OCH3 is 1. The van der Waals surface area contributed by atoms with Crippen LogP contribution in [0, 0.1) is 0 Å². The molecule has 0 aliphatic rings. The van der Waals surface area contributed by atoms with Crippen LogP contribution in [0.15, 0.2) is 53.6 Å². The fourth-order valence-electron chi connectivity index (χ4n) is 2.15.